The highest BCUT2D eigenvalue weighted by molar-refractivity contribution is 6.24. The molecule has 0 radical (unpaired) electrons. The van der Waals surface area contributed by atoms with Crippen LogP contribution >= 0.6 is 0 Å². The maximum Gasteiger partial charge on any atom is 0.340 e. The molecule has 0 unspecified atom stereocenters. The zero-order chi connectivity index (χ0) is 24.1. The van der Waals surface area contributed by atoms with Gasteiger partial charge in [0.15, 0.2) is 0 Å². The number of hydrogen-bond donors (Lipinski definition) is 0. The van der Waals surface area contributed by atoms with Crippen molar-refractivity contribution in [2.45, 2.75) is 13.5 Å². The summed E-state index contributed by atoms with van der Waals surface area (Å²) < 4.78 is 16.4. The average Bonchev–Trinajstić information content (AvgIpc) is 3.12. The smallest absolute Gasteiger partial charge is 0.340 e. The molecular weight excluding hydrogens is 430 g/mol. The number of carbonyl (C=O) groups excluding carboxylic acids is 2. The molecule has 3 aromatic carbocycles. The van der Waals surface area contributed by atoms with E-state index in [1.165, 1.54) is 12.0 Å². The van der Waals surface area contributed by atoms with Gasteiger partial charge in [0.1, 0.15) is 18.1 Å². The van der Waals surface area contributed by atoms with Crippen LogP contribution in [0.5, 0.6) is 11.5 Å². The van der Waals surface area contributed by atoms with Crippen molar-refractivity contribution in [3.63, 3.8) is 0 Å². The maximum atomic E-state index is 13.6. The number of carbonyl (C=O) groups is 2. The summed E-state index contributed by atoms with van der Waals surface area (Å²) in [5.41, 5.74) is 3.25. The van der Waals surface area contributed by atoms with Gasteiger partial charge in [-0.3, -0.25) is 9.69 Å². The largest absolute Gasteiger partial charge is 0.497 e. The highest BCUT2D eigenvalue weighted by Crippen LogP contribution is 2.37. The van der Waals surface area contributed by atoms with Crippen LogP contribution < -0.4 is 14.4 Å². The molecular formula is C28H25NO5. The summed E-state index contributed by atoms with van der Waals surface area (Å²) in [6.07, 6.45) is 1.68. The molecule has 1 aliphatic heterocycles. The van der Waals surface area contributed by atoms with Gasteiger partial charge in [0.05, 0.1) is 31.1 Å². The molecule has 6 nitrogen and oxygen atoms in total. The number of methoxy groups -OCH3 is 2. The molecule has 34 heavy (non-hydrogen) atoms. The minimum atomic E-state index is -0.579. The minimum absolute atomic E-state index is 0.216. The monoisotopic (exact) mass is 455 g/mol. The third-order valence-corrected chi connectivity index (χ3v) is 5.56. The zero-order valence-corrected chi connectivity index (χ0v) is 19.3. The molecule has 1 heterocycles. The minimum Gasteiger partial charge on any atom is -0.497 e. The first-order valence-corrected chi connectivity index (χ1v) is 10.8. The lowest BCUT2D eigenvalue weighted by Gasteiger charge is -2.18. The van der Waals surface area contributed by atoms with Crippen LogP contribution in [0.15, 0.2) is 95.7 Å². The fourth-order valence-corrected chi connectivity index (χ4v) is 3.86. The quantitative estimate of drug-likeness (QED) is 0.364. The predicted molar refractivity (Wildman–Crippen MR) is 130 cm³/mol. The number of benzene rings is 3. The Balaban J connectivity index is 1.74. The first-order chi connectivity index (χ1) is 16.5. The SMILES string of the molecule is COC(=O)C1=C(C)N(c2cccc(OC)c2)C(=O)/C1=C\c1ccccc1OCc1ccccc1. The number of rotatable bonds is 7. The van der Waals surface area contributed by atoms with Gasteiger partial charge in [-0.25, -0.2) is 4.79 Å². The fraction of sp³-hybridized carbons (Fsp3) is 0.143. The van der Waals surface area contributed by atoms with Crippen molar-refractivity contribution in [3.05, 3.63) is 107 Å². The summed E-state index contributed by atoms with van der Waals surface area (Å²) >= 11 is 0. The highest BCUT2D eigenvalue weighted by atomic mass is 16.5. The molecule has 0 bridgehead atoms. The first-order valence-electron chi connectivity index (χ1n) is 10.8. The number of ether oxygens (including phenoxy) is 3. The molecule has 0 N–H and O–H groups in total. The molecule has 4 rings (SSSR count). The number of amides is 1. The summed E-state index contributed by atoms with van der Waals surface area (Å²) in [5.74, 6) is 0.303. The van der Waals surface area contributed by atoms with Crippen molar-refractivity contribution < 1.29 is 23.8 Å². The second-order valence-electron chi connectivity index (χ2n) is 7.66. The number of anilines is 1. The molecule has 0 aromatic heterocycles. The topological polar surface area (TPSA) is 65.1 Å². The molecule has 0 atom stereocenters. The number of allylic oxidation sites excluding steroid dienone is 1. The van der Waals surface area contributed by atoms with Crippen molar-refractivity contribution in [3.8, 4) is 11.5 Å². The van der Waals surface area contributed by atoms with Crippen molar-refractivity contribution in [1.29, 1.82) is 0 Å². The van der Waals surface area contributed by atoms with E-state index in [-0.39, 0.29) is 17.1 Å². The van der Waals surface area contributed by atoms with Crippen molar-refractivity contribution in [2.24, 2.45) is 0 Å². The summed E-state index contributed by atoms with van der Waals surface area (Å²) in [6.45, 7) is 2.10. The Morgan fingerprint density at radius 3 is 2.41 bits per heavy atom. The van der Waals surface area contributed by atoms with Gasteiger partial charge in [-0.1, -0.05) is 54.6 Å². The Labute approximate surface area is 198 Å². The van der Waals surface area contributed by atoms with Crippen LogP contribution in [-0.2, 0) is 20.9 Å². The normalized spacial score (nSPS) is 14.5. The van der Waals surface area contributed by atoms with E-state index in [4.69, 9.17) is 14.2 Å². The lowest BCUT2D eigenvalue weighted by Crippen LogP contribution is -2.24. The van der Waals surface area contributed by atoms with Gasteiger partial charge in [0.2, 0.25) is 0 Å². The molecule has 1 amide bonds. The van der Waals surface area contributed by atoms with E-state index in [1.807, 2.05) is 54.6 Å². The Kier molecular flexibility index (Phi) is 6.78. The third kappa shape index (κ3) is 4.57. The van der Waals surface area contributed by atoms with Gasteiger partial charge in [0.25, 0.3) is 5.91 Å². The van der Waals surface area contributed by atoms with Crippen LogP contribution in [0.3, 0.4) is 0 Å². The van der Waals surface area contributed by atoms with Gasteiger partial charge < -0.3 is 14.2 Å². The Hall–Kier alpha value is -4.32. The molecule has 0 aliphatic carbocycles. The van der Waals surface area contributed by atoms with E-state index in [0.717, 1.165) is 5.56 Å². The highest BCUT2D eigenvalue weighted by Gasteiger charge is 2.38. The second kappa shape index (κ2) is 10.1. The van der Waals surface area contributed by atoms with Crippen LogP contribution in [0.2, 0.25) is 0 Å². The van der Waals surface area contributed by atoms with Gasteiger partial charge in [-0.05, 0) is 36.8 Å². The van der Waals surface area contributed by atoms with Gasteiger partial charge in [0, 0.05) is 17.3 Å². The van der Waals surface area contributed by atoms with Crippen LogP contribution in [0.1, 0.15) is 18.1 Å². The summed E-state index contributed by atoms with van der Waals surface area (Å²) in [4.78, 5) is 27.8. The van der Waals surface area contributed by atoms with E-state index >= 15 is 0 Å². The number of para-hydroxylation sites is 1. The molecule has 0 spiro atoms. The molecule has 1 aliphatic rings. The average molecular weight is 456 g/mol. The standard InChI is InChI=1S/C28H25NO5/c1-19-26(28(31)33-3)24(27(30)29(19)22-13-9-14-23(17-22)32-2)16-21-12-7-8-15-25(21)34-18-20-10-5-4-6-11-20/h4-17H,18H2,1-3H3/b24-16-. The lowest BCUT2D eigenvalue weighted by atomic mass is 10.0. The van der Waals surface area contributed by atoms with E-state index in [1.54, 1.807) is 44.4 Å². The molecule has 6 heteroatoms. The lowest BCUT2D eigenvalue weighted by molar-refractivity contribution is -0.136. The zero-order valence-electron chi connectivity index (χ0n) is 19.3. The molecule has 172 valence electrons. The summed E-state index contributed by atoms with van der Waals surface area (Å²) in [7, 11) is 2.86. The van der Waals surface area contributed by atoms with Crippen LogP contribution in [0.25, 0.3) is 6.08 Å². The van der Waals surface area contributed by atoms with E-state index in [9.17, 15) is 9.59 Å². The Morgan fingerprint density at radius 1 is 0.941 bits per heavy atom. The Bertz CT molecular complexity index is 1280. The van der Waals surface area contributed by atoms with Crippen LogP contribution in [0.4, 0.5) is 5.69 Å². The third-order valence-electron chi connectivity index (χ3n) is 5.56. The van der Waals surface area contributed by atoms with Gasteiger partial charge in [-0.2, -0.15) is 0 Å². The molecule has 0 saturated heterocycles. The van der Waals surface area contributed by atoms with Crippen molar-refractivity contribution in [1.82, 2.24) is 0 Å². The summed E-state index contributed by atoms with van der Waals surface area (Å²) in [5, 5.41) is 0. The van der Waals surface area contributed by atoms with E-state index in [2.05, 4.69) is 0 Å². The van der Waals surface area contributed by atoms with Crippen LogP contribution in [0, 0.1) is 0 Å². The number of nitrogens with zero attached hydrogens (tertiary/aromatic N) is 1. The second-order valence-corrected chi connectivity index (χ2v) is 7.66. The van der Waals surface area contributed by atoms with E-state index < -0.39 is 5.97 Å². The van der Waals surface area contributed by atoms with E-state index in [0.29, 0.717) is 35.1 Å². The molecule has 0 saturated carbocycles. The van der Waals surface area contributed by atoms with Crippen molar-refractivity contribution >= 4 is 23.6 Å². The molecule has 3 aromatic rings. The summed E-state index contributed by atoms with van der Waals surface area (Å²) in [6, 6.07) is 24.3. The van der Waals surface area contributed by atoms with Crippen LogP contribution in [-0.4, -0.2) is 26.1 Å². The Morgan fingerprint density at radius 2 is 1.68 bits per heavy atom. The maximum absolute atomic E-state index is 13.6. The first kappa shape index (κ1) is 22.9. The number of esters is 1. The van der Waals surface area contributed by atoms with Gasteiger partial charge in [-0.15, -0.1) is 0 Å². The predicted octanol–water partition coefficient (Wildman–Crippen LogP) is 5.15. The number of hydrogen-bond acceptors (Lipinski definition) is 5. The van der Waals surface area contributed by atoms with Crippen molar-refractivity contribution in [2.75, 3.05) is 19.1 Å². The molecule has 0 fully saturated rings. The van der Waals surface area contributed by atoms with Gasteiger partial charge >= 0.3 is 5.97 Å². The fourth-order valence-electron chi connectivity index (χ4n) is 3.86.